The average Bonchev–Trinajstić information content (AvgIpc) is 3.72. The van der Waals surface area contributed by atoms with Crippen molar-refractivity contribution in [3.63, 3.8) is 0 Å². The summed E-state index contributed by atoms with van der Waals surface area (Å²) in [7, 11) is 0.841. The van der Waals surface area contributed by atoms with Gasteiger partial charge in [0, 0.05) is 56.0 Å². The minimum absolute atomic E-state index is 0.0734. The summed E-state index contributed by atoms with van der Waals surface area (Å²) >= 11 is 0. The second-order valence-corrected chi connectivity index (χ2v) is 23.5. The molecule has 10 aromatic rings. The second-order valence-electron chi connectivity index (χ2n) is 23.5. The Morgan fingerprint density at radius 1 is 0.471 bits per heavy atom. The van der Waals surface area contributed by atoms with Gasteiger partial charge in [0.15, 0.2) is 7.28 Å². The molecule has 0 saturated heterocycles. The van der Waals surface area contributed by atoms with E-state index in [1.165, 1.54) is 113 Å². The van der Waals surface area contributed by atoms with E-state index < -0.39 is 0 Å². The number of nitrogens with one attached hydrogen (secondary N) is 1. The van der Waals surface area contributed by atoms with Gasteiger partial charge in [0.2, 0.25) is 0 Å². The molecule has 1 N–H and O–H groups in total. The third kappa shape index (κ3) is 6.48. The summed E-state index contributed by atoms with van der Waals surface area (Å²) in [6.45, 7) is 19.6. The Morgan fingerprint density at radius 2 is 1.04 bits per heavy atom. The number of fused-ring (bicyclic) bond motifs is 11. The SMILES string of the molecule is CC1(C)CCC(C)(C)c2cc(Nc3cc(N(c4ccccc4)c4ccccc4)ccc3-c3c4c5c(c6ccccc36)c3c6ccccc6ccc3n5-c3cc5c(cc3B4)C(C)(C)CCC5(C)C)ccc21. The molecule has 0 unspecified atom stereocenters. The van der Waals surface area contributed by atoms with Gasteiger partial charge in [-0.2, -0.15) is 0 Å². The first-order chi connectivity index (χ1) is 33.7. The van der Waals surface area contributed by atoms with E-state index >= 15 is 0 Å². The topological polar surface area (TPSA) is 20.2 Å². The van der Waals surface area contributed by atoms with Gasteiger partial charge in [-0.1, -0.05) is 170 Å². The van der Waals surface area contributed by atoms with Crippen LogP contribution in [0.1, 0.15) is 103 Å². The molecule has 4 heteroatoms. The highest BCUT2D eigenvalue weighted by molar-refractivity contribution is 6.74. The largest absolute Gasteiger partial charge is 0.355 e. The van der Waals surface area contributed by atoms with Crippen LogP contribution >= 0.6 is 0 Å². The van der Waals surface area contributed by atoms with Crippen molar-refractivity contribution in [3.05, 3.63) is 192 Å². The molecule has 0 bridgehead atoms. The predicted octanol–water partition coefficient (Wildman–Crippen LogP) is 16.4. The summed E-state index contributed by atoms with van der Waals surface area (Å²) in [4.78, 5) is 2.39. The minimum Gasteiger partial charge on any atom is -0.355 e. The Hall–Kier alpha value is -7.04. The average molecular weight is 908 g/mol. The molecule has 0 atom stereocenters. The number of nitrogens with zero attached hydrogens (tertiary/aromatic N) is 2. The van der Waals surface area contributed by atoms with E-state index in [1.807, 2.05) is 0 Å². The molecular weight excluding hydrogens is 846 g/mol. The first kappa shape index (κ1) is 43.0. The van der Waals surface area contributed by atoms with Gasteiger partial charge in [-0.25, -0.2) is 0 Å². The first-order valence-corrected chi connectivity index (χ1v) is 25.7. The van der Waals surface area contributed by atoms with Crippen LogP contribution in [0.25, 0.3) is 60.2 Å². The summed E-state index contributed by atoms with van der Waals surface area (Å²) < 4.78 is 2.68. The maximum atomic E-state index is 4.18. The monoisotopic (exact) mass is 908 g/mol. The Bertz CT molecular complexity index is 3740. The molecule has 70 heavy (non-hydrogen) atoms. The maximum Gasteiger partial charge on any atom is 0.198 e. The predicted molar refractivity (Wildman–Crippen MR) is 303 cm³/mol. The van der Waals surface area contributed by atoms with Crippen LogP contribution in [-0.4, -0.2) is 11.8 Å². The van der Waals surface area contributed by atoms with Crippen molar-refractivity contribution in [1.82, 2.24) is 4.57 Å². The van der Waals surface area contributed by atoms with E-state index in [9.17, 15) is 0 Å². The lowest BCUT2D eigenvalue weighted by atomic mass is 9.55. The van der Waals surface area contributed by atoms with Gasteiger partial charge in [0.05, 0.1) is 5.52 Å². The molecule has 0 spiro atoms. The molecule has 1 aromatic heterocycles. The molecule has 9 aromatic carbocycles. The summed E-state index contributed by atoms with van der Waals surface area (Å²) in [5.41, 5.74) is 21.1. The number of anilines is 5. The number of rotatable bonds is 6. The van der Waals surface area contributed by atoms with Gasteiger partial charge in [-0.05, 0) is 163 Å². The van der Waals surface area contributed by atoms with Crippen molar-refractivity contribution < 1.29 is 0 Å². The lowest BCUT2D eigenvalue weighted by molar-refractivity contribution is 0.332. The van der Waals surface area contributed by atoms with Crippen molar-refractivity contribution >= 4 is 90.0 Å². The molecule has 0 radical (unpaired) electrons. The van der Waals surface area contributed by atoms with Crippen LogP contribution in [0, 0.1) is 0 Å². The fourth-order valence-corrected chi connectivity index (χ4v) is 13.1. The Labute approximate surface area is 414 Å². The molecule has 13 rings (SSSR count). The van der Waals surface area contributed by atoms with Crippen molar-refractivity contribution in [2.75, 3.05) is 10.2 Å². The van der Waals surface area contributed by atoms with E-state index in [2.05, 4.69) is 240 Å². The van der Waals surface area contributed by atoms with Crippen LogP contribution in [0.5, 0.6) is 0 Å². The number of hydrogen-bond donors (Lipinski definition) is 1. The van der Waals surface area contributed by atoms with Crippen LogP contribution in [0.2, 0.25) is 0 Å². The molecule has 344 valence electrons. The quantitative estimate of drug-likeness (QED) is 0.168. The zero-order valence-electron chi connectivity index (χ0n) is 42.1. The molecule has 3 nitrogen and oxygen atoms in total. The van der Waals surface area contributed by atoms with E-state index in [4.69, 9.17) is 0 Å². The van der Waals surface area contributed by atoms with E-state index in [1.54, 1.807) is 0 Å². The summed E-state index contributed by atoms with van der Waals surface area (Å²) in [5, 5.41) is 12.0. The van der Waals surface area contributed by atoms with E-state index in [-0.39, 0.29) is 21.7 Å². The molecule has 2 aliphatic carbocycles. The van der Waals surface area contributed by atoms with Crippen molar-refractivity contribution in [3.8, 4) is 16.8 Å². The molecule has 3 aliphatic rings. The van der Waals surface area contributed by atoms with Crippen LogP contribution in [0.3, 0.4) is 0 Å². The third-order valence-corrected chi connectivity index (χ3v) is 17.3. The van der Waals surface area contributed by atoms with Gasteiger partial charge >= 0.3 is 0 Å². The number of benzene rings is 9. The van der Waals surface area contributed by atoms with Crippen LogP contribution < -0.4 is 21.1 Å². The molecule has 0 saturated carbocycles. The first-order valence-electron chi connectivity index (χ1n) is 25.7. The van der Waals surface area contributed by atoms with Crippen LogP contribution in [0.4, 0.5) is 28.4 Å². The zero-order valence-corrected chi connectivity index (χ0v) is 42.1. The fraction of sp³-hybridized carbons (Fsp3) is 0.242. The van der Waals surface area contributed by atoms with Crippen molar-refractivity contribution in [2.24, 2.45) is 0 Å². The smallest absolute Gasteiger partial charge is 0.198 e. The highest BCUT2D eigenvalue weighted by Gasteiger charge is 2.40. The van der Waals surface area contributed by atoms with Crippen LogP contribution in [-0.2, 0) is 21.7 Å². The highest BCUT2D eigenvalue weighted by Crippen LogP contribution is 2.51. The number of hydrogen-bond acceptors (Lipinski definition) is 2. The van der Waals surface area contributed by atoms with Gasteiger partial charge in [0.1, 0.15) is 0 Å². The summed E-state index contributed by atoms with van der Waals surface area (Å²) in [6, 6.07) is 64.3. The number of aromatic nitrogens is 1. The molecule has 0 fully saturated rings. The Balaban J connectivity index is 1.13. The molecule has 0 amide bonds. The summed E-state index contributed by atoms with van der Waals surface area (Å²) in [6.07, 6.45) is 4.72. The van der Waals surface area contributed by atoms with Gasteiger partial charge in [-0.15, -0.1) is 0 Å². The minimum atomic E-state index is 0.0734. The second kappa shape index (κ2) is 15.2. The molecule has 1 aliphatic heterocycles. The lowest BCUT2D eigenvalue weighted by Gasteiger charge is -2.43. The summed E-state index contributed by atoms with van der Waals surface area (Å²) in [5.74, 6) is 0. The third-order valence-electron chi connectivity index (χ3n) is 17.3. The zero-order chi connectivity index (χ0) is 47.9. The van der Waals surface area contributed by atoms with Crippen molar-refractivity contribution in [1.29, 1.82) is 0 Å². The van der Waals surface area contributed by atoms with Gasteiger partial charge < -0.3 is 14.8 Å². The number of para-hydroxylation sites is 2. The van der Waals surface area contributed by atoms with E-state index in [0.29, 0.717) is 0 Å². The van der Waals surface area contributed by atoms with E-state index in [0.717, 1.165) is 42.1 Å². The van der Waals surface area contributed by atoms with Gasteiger partial charge in [0.25, 0.3) is 0 Å². The standard InChI is InChI=1S/C66H62BN3/c1-63(2)33-34-64(3,4)51-37-42(28-31-50(51)63)68-55-38-45(69(43-20-11-9-12-21-43)44-22-13-10-14-23-44)29-30-49(55)58-47-25-17-18-26-48(47)60-59-46-24-16-15-19-41(46)27-32-56(59)70-57-40-53-52(39-54(57)67-61(58)62(60)70)65(5,6)35-36-66(53,7)8/h9-32,37-40,67-68H,33-36H2,1-8H3. The molecular formula is C66H62BN3. The fourth-order valence-electron chi connectivity index (χ4n) is 13.1. The Kier molecular flexibility index (Phi) is 9.36. The maximum absolute atomic E-state index is 4.18. The molecule has 2 heterocycles. The van der Waals surface area contributed by atoms with Crippen molar-refractivity contribution in [2.45, 2.75) is 103 Å². The highest BCUT2D eigenvalue weighted by atomic mass is 15.1. The lowest BCUT2D eigenvalue weighted by Crippen LogP contribution is -2.41. The normalized spacial score (nSPS) is 16.9. The van der Waals surface area contributed by atoms with Crippen LogP contribution in [0.15, 0.2) is 170 Å². The Morgan fingerprint density at radius 3 is 1.71 bits per heavy atom. The van der Waals surface area contributed by atoms with Gasteiger partial charge in [-0.3, -0.25) is 0 Å².